The van der Waals surface area contributed by atoms with Crippen LogP contribution in [0.4, 0.5) is 0 Å². The van der Waals surface area contributed by atoms with Gasteiger partial charge in [0.25, 0.3) is 0 Å². The lowest BCUT2D eigenvalue weighted by molar-refractivity contribution is 0.141. The molecule has 0 aliphatic carbocycles. The molecule has 0 amide bonds. The Morgan fingerprint density at radius 1 is 1.40 bits per heavy atom. The van der Waals surface area contributed by atoms with E-state index < -0.39 is 6.10 Å². The summed E-state index contributed by atoms with van der Waals surface area (Å²) >= 11 is 3.36. The summed E-state index contributed by atoms with van der Waals surface area (Å²) in [7, 11) is 1.62. The number of aliphatic hydroxyl groups is 1. The summed E-state index contributed by atoms with van der Waals surface area (Å²) in [5.41, 5.74) is 0.786. The van der Waals surface area contributed by atoms with Gasteiger partial charge in [0.1, 0.15) is 12.4 Å². The SMILES string of the molecule is COCCOc1cc(Br)ccc1C(C)O. The smallest absolute Gasteiger partial charge is 0.126 e. The lowest BCUT2D eigenvalue weighted by Crippen LogP contribution is -2.06. The molecule has 1 rings (SSSR count). The van der Waals surface area contributed by atoms with Crippen molar-refractivity contribution in [2.75, 3.05) is 20.3 Å². The zero-order valence-electron chi connectivity index (χ0n) is 8.87. The van der Waals surface area contributed by atoms with Gasteiger partial charge in [0.2, 0.25) is 0 Å². The fourth-order valence-electron chi connectivity index (χ4n) is 1.21. The Kier molecular flexibility index (Phi) is 5.08. The molecule has 0 saturated carbocycles. The van der Waals surface area contributed by atoms with E-state index in [0.717, 1.165) is 10.0 Å². The van der Waals surface area contributed by atoms with Gasteiger partial charge in [-0.1, -0.05) is 22.0 Å². The van der Waals surface area contributed by atoms with Crippen LogP contribution in [0.3, 0.4) is 0 Å². The van der Waals surface area contributed by atoms with Crippen LogP contribution in [0.1, 0.15) is 18.6 Å². The van der Waals surface area contributed by atoms with Crippen LogP contribution >= 0.6 is 15.9 Å². The van der Waals surface area contributed by atoms with Crippen molar-refractivity contribution in [3.05, 3.63) is 28.2 Å². The molecule has 84 valence electrons. The molecule has 0 fully saturated rings. The molecule has 1 aromatic rings. The maximum absolute atomic E-state index is 9.53. The highest BCUT2D eigenvalue weighted by molar-refractivity contribution is 9.10. The van der Waals surface area contributed by atoms with Crippen molar-refractivity contribution in [3.8, 4) is 5.75 Å². The number of aliphatic hydroxyl groups excluding tert-OH is 1. The predicted molar refractivity (Wildman–Crippen MR) is 62.1 cm³/mol. The topological polar surface area (TPSA) is 38.7 Å². The normalized spacial score (nSPS) is 12.5. The number of hydrogen-bond acceptors (Lipinski definition) is 3. The first-order chi connectivity index (χ1) is 7.15. The second-order valence-electron chi connectivity index (χ2n) is 3.20. The number of ether oxygens (including phenoxy) is 2. The molecule has 0 spiro atoms. The maximum atomic E-state index is 9.53. The zero-order chi connectivity index (χ0) is 11.3. The Balaban J connectivity index is 2.77. The standard InChI is InChI=1S/C11H15BrO3/c1-8(13)10-4-3-9(12)7-11(10)15-6-5-14-2/h3-4,7-8,13H,5-6H2,1-2H3. The van der Waals surface area contributed by atoms with Crippen molar-refractivity contribution in [2.24, 2.45) is 0 Å². The van der Waals surface area contributed by atoms with Gasteiger partial charge in [0.15, 0.2) is 0 Å². The molecule has 15 heavy (non-hydrogen) atoms. The number of methoxy groups -OCH3 is 1. The molecule has 0 aliphatic heterocycles. The predicted octanol–water partition coefficient (Wildman–Crippen LogP) is 2.53. The van der Waals surface area contributed by atoms with E-state index in [-0.39, 0.29) is 0 Å². The van der Waals surface area contributed by atoms with E-state index in [1.807, 2.05) is 18.2 Å². The number of benzene rings is 1. The summed E-state index contributed by atoms with van der Waals surface area (Å²) in [4.78, 5) is 0. The van der Waals surface area contributed by atoms with Crippen LogP contribution in [0.2, 0.25) is 0 Å². The first-order valence-electron chi connectivity index (χ1n) is 4.74. The van der Waals surface area contributed by atoms with Crippen LogP contribution in [0.5, 0.6) is 5.75 Å². The maximum Gasteiger partial charge on any atom is 0.126 e. The van der Waals surface area contributed by atoms with Gasteiger partial charge >= 0.3 is 0 Å². The Labute approximate surface area is 98.1 Å². The molecule has 1 N–H and O–H groups in total. The molecule has 1 unspecified atom stereocenters. The Bertz CT molecular complexity index is 313. The molecule has 0 aromatic heterocycles. The van der Waals surface area contributed by atoms with Crippen LogP contribution in [0.25, 0.3) is 0 Å². The van der Waals surface area contributed by atoms with Crippen molar-refractivity contribution < 1.29 is 14.6 Å². The van der Waals surface area contributed by atoms with E-state index >= 15 is 0 Å². The van der Waals surface area contributed by atoms with Crippen LogP contribution < -0.4 is 4.74 Å². The molecule has 0 heterocycles. The van der Waals surface area contributed by atoms with E-state index in [9.17, 15) is 5.11 Å². The second-order valence-corrected chi connectivity index (χ2v) is 4.12. The molecule has 0 saturated heterocycles. The molecule has 4 heteroatoms. The largest absolute Gasteiger partial charge is 0.491 e. The van der Waals surface area contributed by atoms with Crippen LogP contribution in [0, 0.1) is 0 Å². The Morgan fingerprint density at radius 3 is 2.73 bits per heavy atom. The third-order valence-corrected chi connectivity index (χ3v) is 2.46. The molecule has 0 radical (unpaired) electrons. The monoisotopic (exact) mass is 274 g/mol. The lowest BCUT2D eigenvalue weighted by atomic mass is 10.1. The Hall–Kier alpha value is -0.580. The summed E-state index contributed by atoms with van der Waals surface area (Å²) in [6.45, 7) is 2.73. The average Bonchev–Trinajstić information content (AvgIpc) is 2.18. The van der Waals surface area contributed by atoms with Gasteiger partial charge in [0, 0.05) is 17.1 Å². The average molecular weight is 275 g/mol. The van der Waals surface area contributed by atoms with Crippen molar-refractivity contribution in [2.45, 2.75) is 13.0 Å². The zero-order valence-corrected chi connectivity index (χ0v) is 10.5. The first kappa shape index (κ1) is 12.5. The summed E-state index contributed by atoms with van der Waals surface area (Å²) in [5.74, 6) is 0.691. The lowest BCUT2D eigenvalue weighted by Gasteiger charge is -2.13. The third kappa shape index (κ3) is 3.81. The van der Waals surface area contributed by atoms with Gasteiger partial charge in [-0.15, -0.1) is 0 Å². The fraction of sp³-hybridized carbons (Fsp3) is 0.455. The quantitative estimate of drug-likeness (QED) is 0.839. The summed E-state index contributed by atoms with van der Waals surface area (Å²) in [5, 5.41) is 9.53. The van der Waals surface area contributed by atoms with E-state index in [2.05, 4.69) is 15.9 Å². The second kappa shape index (κ2) is 6.10. The number of hydrogen-bond donors (Lipinski definition) is 1. The van der Waals surface area contributed by atoms with E-state index in [0.29, 0.717) is 19.0 Å². The summed E-state index contributed by atoms with van der Waals surface area (Å²) in [6, 6.07) is 5.57. The van der Waals surface area contributed by atoms with Gasteiger partial charge < -0.3 is 14.6 Å². The molecule has 1 aromatic carbocycles. The summed E-state index contributed by atoms with van der Waals surface area (Å²) < 4.78 is 11.3. The summed E-state index contributed by atoms with van der Waals surface area (Å²) in [6.07, 6.45) is -0.532. The first-order valence-corrected chi connectivity index (χ1v) is 5.53. The number of halogens is 1. The fourth-order valence-corrected chi connectivity index (χ4v) is 1.55. The van der Waals surface area contributed by atoms with E-state index in [4.69, 9.17) is 9.47 Å². The minimum Gasteiger partial charge on any atom is -0.491 e. The van der Waals surface area contributed by atoms with Gasteiger partial charge in [-0.3, -0.25) is 0 Å². The molecule has 3 nitrogen and oxygen atoms in total. The molecule has 0 aliphatic rings. The van der Waals surface area contributed by atoms with Crippen molar-refractivity contribution in [1.29, 1.82) is 0 Å². The Morgan fingerprint density at radius 2 is 2.13 bits per heavy atom. The third-order valence-electron chi connectivity index (χ3n) is 1.97. The van der Waals surface area contributed by atoms with E-state index in [1.165, 1.54) is 0 Å². The van der Waals surface area contributed by atoms with Crippen LogP contribution in [-0.4, -0.2) is 25.4 Å². The van der Waals surface area contributed by atoms with Crippen molar-refractivity contribution >= 4 is 15.9 Å². The van der Waals surface area contributed by atoms with Crippen molar-refractivity contribution in [3.63, 3.8) is 0 Å². The molecular formula is C11H15BrO3. The van der Waals surface area contributed by atoms with Crippen LogP contribution in [0.15, 0.2) is 22.7 Å². The highest BCUT2D eigenvalue weighted by Crippen LogP contribution is 2.28. The van der Waals surface area contributed by atoms with Gasteiger partial charge in [-0.2, -0.15) is 0 Å². The van der Waals surface area contributed by atoms with Gasteiger partial charge in [-0.05, 0) is 19.1 Å². The minimum absolute atomic E-state index is 0.479. The van der Waals surface area contributed by atoms with Crippen molar-refractivity contribution in [1.82, 2.24) is 0 Å². The highest BCUT2D eigenvalue weighted by atomic mass is 79.9. The van der Waals surface area contributed by atoms with Crippen LogP contribution in [-0.2, 0) is 4.74 Å². The highest BCUT2D eigenvalue weighted by Gasteiger charge is 2.09. The van der Waals surface area contributed by atoms with Gasteiger partial charge in [-0.25, -0.2) is 0 Å². The molecular weight excluding hydrogens is 260 g/mol. The minimum atomic E-state index is -0.532. The molecule has 0 bridgehead atoms. The molecule has 1 atom stereocenters. The van der Waals surface area contributed by atoms with Gasteiger partial charge in [0.05, 0.1) is 12.7 Å². The van der Waals surface area contributed by atoms with E-state index in [1.54, 1.807) is 14.0 Å². The number of rotatable bonds is 5.